The highest BCUT2D eigenvalue weighted by Crippen LogP contribution is 2.04. The topological polar surface area (TPSA) is 12.0 Å². The molecule has 1 aromatic rings. The van der Waals surface area contributed by atoms with E-state index in [2.05, 4.69) is 11.4 Å². The van der Waals surface area contributed by atoms with Crippen molar-refractivity contribution in [2.75, 3.05) is 13.6 Å². The molecule has 0 amide bonds. The second-order valence-electron chi connectivity index (χ2n) is 2.85. The molecular weight excluding hydrogens is 165 g/mol. The van der Waals surface area contributed by atoms with E-state index >= 15 is 0 Å². The van der Waals surface area contributed by atoms with Gasteiger partial charge >= 0.3 is 0 Å². The Kier molecular flexibility index (Phi) is 4.19. The van der Waals surface area contributed by atoms with Crippen molar-refractivity contribution in [1.29, 1.82) is 0 Å². The third-order valence-electron chi connectivity index (χ3n) is 1.74. The van der Waals surface area contributed by atoms with E-state index in [1.165, 1.54) is 12.1 Å². The highest BCUT2D eigenvalue weighted by atomic mass is 19.1. The Balaban J connectivity index is 2.44. The molecule has 0 aliphatic carbocycles. The summed E-state index contributed by atoms with van der Waals surface area (Å²) in [6.45, 7) is 0.970. The average Bonchev–Trinajstić information content (AvgIpc) is 2.15. The minimum atomic E-state index is -0.188. The minimum Gasteiger partial charge on any atom is -0.319 e. The molecule has 0 atom stereocenters. The quantitative estimate of drug-likeness (QED) is 0.700. The molecule has 0 aliphatic heterocycles. The lowest BCUT2D eigenvalue weighted by Gasteiger charge is -1.93. The van der Waals surface area contributed by atoms with Crippen LogP contribution in [0.1, 0.15) is 12.0 Å². The molecule has 1 nitrogen and oxygen atoms in total. The maximum atomic E-state index is 12.5. The molecule has 0 saturated heterocycles. The van der Waals surface area contributed by atoms with E-state index in [1.54, 1.807) is 12.1 Å². The fourth-order valence-electron chi connectivity index (χ4n) is 1.02. The summed E-state index contributed by atoms with van der Waals surface area (Å²) in [5, 5.41) is 3.05. The Morgan fingerprint density at radius 3 is 2.62 bits per heavy atom. The van der Waals surface area contributed by atoms with Gasteiger partial charge in [-0.3, -0.25) is 0 Å². The van der Waals surface area contributed by atoms with E-state index in [0.29, 0.717) is 0 Å². The number of benzene rings is 1. The molecular formula is C11H14FN. The monoisotopic (exact) mass is 179 g/mol. The SMILES string of the molecule is CNCCC=Cc1ccc(F)cc1. The first-order chi connectivity index (χ1) is 6.33. The van der Waals surface area contributed by atoms with Crippen LogP contribution >= 0.6 is 0 Å². The molecule has 0 saturated carbocycles. The van der Waals surface area contributed by atoms with E-state index < -0.39 is 0 Å². The van der Waals surface area contributed by atoms with Gasteiger partial charge in [0.1, 0.15) is 5.82 Å². The van der Waals surface area contributed by atoms with E-state index in [4.69, 9.17) is 0 Å². The van der Waals surface area contributed by atoms with Gasteiger partial charge in [-0.25, -0.2) is 4.39 Å². The Morgan fingerprint density at radius 1 is 1.31 bits per heavy atom. The molecule has 1 aromatic carbocycles. The Labute approximate surface area is 78.3 Å². The zero-order valence-corrected chi connectivity index (χ0v) is 7.76. The fourth-order valence-corrected chi connectivity index (χ4v) is 1.02. The number of rotatable bonds is 4. The highest BCUT2D eigenvalue weighted by molar-refractivity contribution is 5.48. The maximum absolute atomic E-state index is 12.5. The molecule has 1 N–H and O–H groups in total. The lowest BCUT2D eigenvalue weighted by atomic mass is 10.2. The van der Waals surface area contributed by atoms with Crippen LogP contribution in [-0.2, 0) is 0 Å². The number of hydrogen-bond acceptors (Lipinski definition) is 1. The summed E-state index contributed by atoms with van der Waals surface area (Å²) in [7, 11) is 1.92. The van der Waals surface area contributed by atoms with Gasteiger partial charge in [0, 0.05) is 0 Å². The van der Waals surface area contributed by atoms with Crippen LogP contribution in [0.25, 0.3) is 6.08 Å². The smallest absolute Gasteiger partial charge is 0.123 e. The first-order valence-electron chi connectivity index (χ1n) is 4.39. The van der Waals surface area contributed by atoms with Gasteiger partial charge in [0.25, 0.3) is 0 Å². The third-order valence-corrected chi connectivity index (χ3v) is 1.74. The van der Waals surface area contributed by atoms with E-state index in [0.717, 1.165) is 18.5 Å². The second kappa shape index (κ2) is 5.49. The third kappa shape index (κ3) is 3.85. The molecule has 0 heterocycles. The summed E-state index contributed by atoms with van der Waals surface area (Å²) in [5.74, 6) is -0.188. The normalized spacial score (nSPS) is 10.9. The van der Waals surface area contributed by atoms with E-state index in [-0.39, 0.29) is 5.82 Å². The predicted molar refractivity (Wildman–Crippen MR) is 54.0 cm³/mol. The van der Waals surface area contributed by atoms with Crippen molar-refractivity contribution in [2.45, 2.75) is 6.42 Å². The van der Waals surface area contributed by atoms with Crippen LogP contribution in [0.4, 0.5) is 4.39 Å². The highest BCUT2D eigenvalue weighted by Gasteiger charge is 1.87. The predicted octanol–water partition coefficient (Wildman–Crippen LogP) is 2.45. The van der Waals surface area contributed by atoms with Crippen molar-refractivity contribution in [2.24, 2.45) is 0 Å². The largest absolute Gasteiger partial charge is 0.319 e. The molecule has 13 heavy (non-hydrogen) atoms. The molecule has 0 radical (unpaired) electrons. The van der Waals surface area contributed by atoms with Gasteiger partial charge < -0.3 is 5.32 Å². The first kappa shape index (κ1) is 9.93. The second-order valence-corrected chi connectivity index (χ2v) is 2.85. The van der Waals surface area contributed by atoms with Crippen LogP contribution in [0.2, 0.25) is 0 Å². The summed E-state index contributed by atoms with van der Waals surface area (Å²) < 4.78 is 12.5. The van der Waals surface area contributed by atoms with Gasteiger partial charge in [0.05, 0.1) is 0 Å². The van der Waals surface area contributed by atoms with Crippen molar-refractivity contribution < 1.29 is 4.39 Å². The van der Waals surface area contributed by atoms with Crippen LogP contribution in [-0.4, -0.2) is 13.6 Å². The standard InChI is InChI=1S/C11H14FN/c1-13-9-3-2-4-10-5-7-11(12)8-6-10/h2,4-8,13H,3,9H2,1H3. The number of nitrogens with one attached hydrogen (secondary N) is 1. The Bertz CT molecular complexity index is 264. The van der Waals surface area contributed by atoms with Crippen LogP contribution in [0.15, 0.2) is 30.3 Å². The van der Waals surface area contributed by atoms with Gasteiger partial charge in [-0.15, -0.1) is 0 Å². The summed E-state index contributed by atoms with van der Waals surface area (Å²) in [6, 6.07) is 6.48. The van der Waals surface area contributed by atoms with Crippen LogP contribution in [0.5, 0.6) is 0 Å². The summed E-state index contributed by atoms with van der Waals surface area (Å²) in [6.07, 6.45) is 5.06. The zero-order valence-electron chi connectivity index (χ0n) is 7.76. The van der Waals surface area contributed by atoms with Crippen molar-refractivity contribution in [1.82, 2.24) is 5.32 Å². The molecule has 0 aromatic heterocycles. The van der Waals surface area contributed by atoms with Gasteiger partial charge in [-0.2, -0.15) is 0 Å². The molecule has 0 spiro atoms. The number of halogens is 1. The van der Waals surface area contributed by atoms with Gasteiger partial charge in [-0.1, -0.05) is 24.3 Å². The minimum absolute atomic E-state index is 0.188. The zero-order chi connectivity index (χ0) is 9.52. The average molecular weight is 179 g/mol. The van der Waals surface area contributed by atoms with Crippen LogP contribution < -0.4 is 5.32 Å². The summed E-state index contributed by atoms with van der Waals surface area (Å²) in [4.78, 5) is 0. The number of hydrogen-bond donors (Lipinski definition) is 1. The van der Waals surface area contributed by atoms with E-state index in [9.17, 15) is 4.39 Å². The van der Waals surface area contributed by atoms with Crippen LogP contribution in [0.3, 0.4) is 0 Å². The van der Waals surface area contributed by atoms with Crippen molar-refractivity contribution in [3.05, 3.63) is 41.7 Å². The van der Waals surface area contributed by atoms with Crippen molar-refractivity contribution in [3.8, 4) is 0 Å². The molecule has 2 heteroatoms. The first-order valence-corrected chi connectivity index (χ1v) is 4.39. The summed E-state index contributed by atoms with van der Waals surface area (Å²) in [5.41, 5.74) is 1.04. The lowest BCUT2D eigenvalue weighted by Crippen LogP contribution is -2.05. The van der Waals surface area contributed by atoms with Crippen molar-refractivity contribution >= 4 is 6.08 Å². The van der Waals surface area contributed by atoms with Gasteiger partial charge in [-0.05, 0) is 37.7 Å². The van der Waals surface area contributed by atoms with E-state index in [1.807, 2.05) is 13.1 Å². The van der Waals surface area contributed by atoms with Crippen LogP contribution in [0, 0.1) is 5.82 Å². The lowest BCUT2D eigenvalue weighted by molar-refractivity contribution is 0.628. The van der Waals surface area contributed by atoms with Crippen molar-refractivity contribution in [3.63, 3.8) is 0 Å². The molecule has 0 aliphatic rings. The van der Waals surface area contributed by atoms with Gasteiger partial charge in [0.15, 0.2) is 0 Å². The maximum Gasteiger partial charge on any atom is 0.123 e. The molecule has 0 bridgehead atoms. The molecule has 0 fully saturated rings. The Hall–Kier alpha value is -1.15. The Morgan fingerprint density at radius 2 is 2.00 bits per heavy atom. The fraction of sp³-hybridized carbons (Fsp3) is 0.273. The summed E-state index contributed by atoms with van der Waals surface area (Å²) >= 11 is 0. The molecule has 70 valence electrons. The molecule has 1 rings (SSSR count). The molecule has 0 unspecified atom stereocenters. The van der Waals surface area contributed by atoms with Gasteiger partial charge in [0.2, 0.25) is 0 Å².